The van der Waals surface area contributed by atoms with Crippen molar-refractivity contribution in [2.24, 2.45) is 0 Å². The summed E-state index contributed by atoms with van der Waals surface area (Å²) < 4.78 is 0. The molecule has 17 heavy (non-hydrogen) atoms. The van der Waals surface area contributed by atoms with Gasteiger partial charge in [-0.25, -0.2) is 9.78 Å². The fourth-order valence-electron chi connectivity index (χ4n) is 1.64. The van der Waals surface area contributed by atoms with Crippen LogP contribution in [0.4, 0.5) is 11.5 Å². The topological polar surface area (TPSA) is 79.5 Å². The highest BCUT2D eigenvalue weighted by atomic mass is 16.4. The van der Waals surface area contributed by atoms with Crippen molar-refractivity contribution in [2.75, 3.05) is 24.7 Å². The third kappa shape index (κ3) is 1.99. The first-order chi connectivity index (χ1) is 7.99. The lowest BCUT2D eigenvalue weighted by Gasteiger charge is -2.13. The second kappa shape index (κ2) is 3.93. The number of rotatable bonds is 2. The van der Waals surface area contributed by atoms with E-state index in [2.05, 4.69) is 4.98 Å². The van der Waals surface area contributed by atoms with Crippen molar-refractivity contribution in [3.05, 3.63) is 29.8 Å². The van der Waals surface area contributed by atoms with Crippen LogP contribution >= 0.6 is 0 Å². The van der Waals surface area contributed by atoms with E-state index >= 15 is 0 Å². The molecule has 0 unspecified atom stereocenters. The van der Waals surface area contributed by atoms with Gasteiger partial charge in [-0.15, -0.1) is 0 Å². The summed E-state index contributed by atoms with van der Waals surface area (Å²) in [5, 5.41) is 9.75. The minimum Gasteiger partial charge on any atom is -0.478 e. The number of pyridine rings is 1. The zero-order chi connectivity index (χ0) is 12.6. The lowest BCUT2D eigenvalue weighted by Crippen LogP contribution is -2.12. The van der Waals surface area contributed by atoms with Crippen LogP contribution in [0.15, 0.2) is 24.3 Å². The van der Waals surface area contributed by atoms with E-state index in [0.717, 1.165) is 0 Å². The minimum absolute atomic E-state index is 0.214. The van der Waals surface area contributed by atoms with E-state index < -0.39 is 5.97 Å². The van der Waals surface area contributed by atoms with Gasteiger partial charge in [0, 0.05) is 25.2 Å². The minimum atomic E-state index is -0.980. The monoisotopic (exact) mass is 231 g/mol. The molecular weight excluding hydrogens is 218 g/mol. The molecule has 5 nitrogen and oxygen atoms in total. The Morgan fingerprint density at radius 1 is 1.35 bits per heavy atom. The lowest BCUT2D eigenvalue weighted by atomic mass is 10.1. The molecule has 0 radical (unpaired) electrons. The zero-order valence-electron chi connectivity index (χ0n) is 9.64. The highest BCUT2D eigenvalue weighted by Gasteiger charge is 2.12. The number of hydrogen-bond acceptors (Lipinski definition) is 4. The number of aromatic nitrogens is 1. The molecule has 88 valence electrons. The molecule has 0 aliphatic carbocycles. The first-order valence-corrected chi connectivity index (χ1v) is 5.10. The van der Waals surface area contributed by atoms with Gasteiger partial charge in [0.1, 0.15) is 5.82 Å². The summed E-state index contributed by atoms with van der Waals surface area (Å²) in [6.07, 6.45) is 0. The predicted molar refractivity (Wildman–Crippen MR) is 67.4 cm³/mol. The number of carbonyl (C=O) groups is 1. The Hall–Kier alpha value is -2.30. The quantitative estimate of drug-likeness (QED) is 0.767. The number of nitrogen functional groups attached to an aromatic ring is 1. The number of anilines is 2. The number of fused-ring (bicyclic) bond motifs is 1. The third-order valence-electron chi connectivity index (χ3n) is 2.51. The van der Waals surface area contributed by atoms with E-state index in [0.29, 0.717) is 22.4 Å². The van der Waals surface area contributed by atoms with Crippen molar-refractivity contribution in [2.45, 2.75) is 0 Å². The summed E-state index contributed by atoms with van der Waals surface area (Å²) in [7, 11) is 3.63. The fraction of sp³-hybridized carbons (Fsp3) is 0.167. The summed E-state index contributed by atoms with van der Waals surface area (Å²) in [5.74, 6) is -0.370. The van der Waals surface area contributed by atoms with Gasteiger partial charge in [0.25, 0.3) is 0 Å². The molecule has 0 saturated heterocycles. The second-order valence-corrected chi connectivity index (χ2v) is 4.00. The zero-order valence-corrected chi connectivity index (χ0v) is 9.64. The summed E-state index contributed by atoms with van der Waals surface area (Å²) >= 11 is 0. The summed E-state index contributed by atoms with van der Waals surface area (Å²) in [4.78, 5) is 17.3. The smallest absolute Gasteiger partial charge is 0.336 e. The molecule has 0 aliphatic heterocycles. The number of nitrogens with zero attached hydrogens (tertiary/aromatic N) is 2. The molecule has 0 aliphatic rings. The first-order valence-electron chi connectivity index (χ1n) is 5.10. The highest BCUT2D eigenvalue weighted by Crippen LogP contribution is 2.24. The van der Waals surface area contributed by atoms with Gasteiger partial charge in [-0.05, 0) is 24.3 Å². The van der Waals surface area contributed by atoms with Gasteiger partial charge in [0.15, 0.2) is 0 Å². The van der Waals surface area contributed by atoms with Crippen LogP contribution in [0.5, 0.6) is 0 Å². The van der Waals surface area contributed by atoms with E-state index in [1.807, 2.05) is 14.1 Å². The van der Waals surface area contributed by atoms with Gasteiger partial charge in [0.05, 0.1) is 11.1 Å². The summed E-state index contributed by atoms with van der Waals surface area (Å²) in [6.45, 7) is 0. The largest absolute Gasteiger partial charge is 0.478 e. The molecule has 0 spiro atoms. The normalized spacial score (nSPS) is 10.5. The molecule has 0 amide bonds. The van der Waals surface area contributed by atoms with E-state index in [4.69, 9.17) is 5.73 Å². The Kier molecular flexibility index (Phi) is 2.59. The molecule has 5 heteroatoms. The molecular formula is C12H13N3O2. The molecule has 1 heterocycles. The van der Waals surface area contributed by atoms with Crippen LogP contribution in [0.2, 0.25) is 0 Å². The van der Waals surface area contributed by atoms with Crippen molar-refractivity contribution in [3.63, 3.8) is 0 Å². The van der Waals surface area contributed by atoms with Crippen molar-refractivity contribution in [1.82, 2.24) is 4.98 Å². The average molecular weight is 231 g/mol. The van der Waals surface area contributed by atoms with Crippen molar-refractivity contribution in [1.29, 1.82) is 0 Å². The standard InChI is InChI=1S/C12H13N3O2/c1-15(2)11-6-9(12(16)17)8-5-7(13)3-4-10(8)14-11/h3-6H,13H2,1-2H3,(H,16,17). The number of hydrogen-bond donors (Lipinski definition) is 2. The Morgan fingerprint density at radius 2 is 2.06 bits per heavy atom. The van der Waals surface area contributed by atoms with Gasteiger partial charge in [-0.2, -0.15) is 0 Å². The van der Waals surface area contributed by atoms with Crippen LogP contribution in [0.1, 0.15) is 10.4 Å². The van der Waals surface area contributed by atoms with Crippen LogP contribution in [-0.2, 0) is 0 Å². The van der Waals surface area contributed by atoms with Crippen LogP contribution in [0.3, 0.4) is 0 Å². The van der Waals surface area contributed by atoms with Crippen LogP contribution in [0.25, 0.3) is 10.9 Å². The number of carboxylic acid groups (broad SMARTS) is 1. The maximum absolute atomic E-state index is 11.2. The highest BCUT2D eigenvalue weighted by molar-refractivity contribution is 6.04. The van der Waals surface area contributed by atoms with E-state index in [1.54, 1.807) is 29.2 Å². The SMILES string of the molecule is CN(C)c1cc(C(=O)O)c2cc(N)ccc2n1. The van der Waals surface area contributed by atoms with Crippen LogP contribution < -0.4 is 10.6 Å². The van der Waals surface area contributed by atoms with Crippen molar-refractivity contribution >= 4 is 28.4 Å². The number of carboxylic acids is 1. The van der Waals surface area contributed by atoms with Crippen molar-refractivity contribution in [3.8, 4) is 0 Å². The van der Waals surface area contributed by atoms with Crippen molar-refractivity contribution < 1.29 is 9.90 Å². The third-order valence-corrected chi connectivity index (χ3v) is 2.51. The van der Waals surface area contributed by atoms with E-state index in [9.17, 15) is 9.90 Å². The molecule has 2 aromatic rings. The van der Waals surface area contributed by atoms with E-state index in [-0.39, 0.29) is 5.56 Å². The Labute approximate surface area is 98.5 Å². The number of aromatic carboxylic acids is 1. The first kappa shape index (κ1) is 11.2. The fourth-order valence-corrected chi connectivity index (χ4v) is 1.64. The lowest BCUT2D eigenvalue weighted by molar-refractivity contribution is 0.0699. The predicted octanol–water partition coefficient (Wildman–Crippen LogP) is 1.58. The maximum Gasteiger partial charge on any atom is 0.336 e. The Balaban J connectivity index is 2.81. The Bertz CT molecular complexity index is 594. The number of nitrogens with two attached hydrogens (primary N) is 1. The van der Waals surface area contributed by atoms with Crippen LogP contribution in [0, 0.1) is 0 Å². The molecule has 0 atom stereocenters. The number of benzene rings is 1. The van der Waals surface area contributed by atoms with Gasteiger partial charge >= 0.3 is 5.97 Å². The molecule has 2 rings (SSSR count). The van der Waals surface area contributed by atoms with Gasteiger partial charge < -0.3 is 15.7 Å². The summed E-state index contributed by atoms with van der Waals surface area (Å²) in [6, 6.07) is 6.61. The van der Waals surface area contributed by atoms with Gasteiger partial charge in [-0.1, -0.05) is 0 Å². The summed E-state index contributed by atoms with van der Waals surface area (Å²) in [5.41, 5.74) is 7.03. The van der Waals surface area contributed by atoms with Crippen LogP contribution in [-0.4, -0.2) is 30.2 Å². The Morgan fingerprint density at radius 3 is 2.65 bits per heavy atom. The second-order valence-electron chi connectivity index (χ2n) is 4.00. The average Bonchev–Trinajstić information content (AvgIpc) is 2.27. The molecule has 1 aromatic heterocycles. The molecule has 0 bridgehead atoms. The molecule has 0 saturated carbocycles. The molecule has 0 fully saturated rings. The van der Waals surface area contributed by atoms with E-state index in [1.165, 1.54) is 0 Å². The van der Waals surface area contributed by atoms with Gasteiger partial charge in [-0.3, -0.25) is 0 Å². The molecule has 3 N–H and O–H groups in total. The maximum atomic E-state index is 11.2. The molecule has 1 aromatic carbocycles. The van der Waals surface area contributed by atoms with Gasteiger partial charge in [0.2, 0.25) is 0 Å².